The summed E-state index contributed by atoms with van der Waals surface area (Å²) in [5.41, 5.74) is 0.272. The molecular formula is C29H25F4N3O2. The molecule has 0 radical (unpaired) electrons. The van der Waals surface area contributed by atoms with Gasteiger partial charge < -0.3 is 9.30 Å². The third kappa shape index (κ3) is 4.36. The molecule has 3 aromatic carbocycles. The zero-order chi connectivity index (χ0) is 27.4. The number of nitrogens with zero attached hydrogens (tertiary/aromatic N) is 3. The lowest BCUT2D eigenvalue weighted by Gasteiger charge is -2.16. The third-order valence-corrected chi connectivity index (χ3v) is 6.40. The number of alkyl halides is 3. The van der Waals surface area contributed by atoms with Crippen molar-refractivity contribution >= 4 is 27.7 Å². The Bertz CT molecular complexity index is 1660. The van der Waals surface area contributed by atoms with Gasteiger partial charge in [-0.25, -0.2) is 4.39 Å². The van der Waals surface area contributed by atoms with E-state index in [0.717, 1.165) is 22.3 Å². The number of halogens is 4. The van der Waals surface area contributed by atoms with Crippen molar-refractivity contribution in [3.05, 3.63) is 83.9 Å². The Morgan fingerprint density at radius 1 is 0.947 bits per heavy atom. The van der Waals surface area contributed by atoms with Crippen LogP contribution in [-0.4, -0.2) is 27.4 Å². The van der Waals surface area contributed by atoms with E-state index in [1.807, 2.05) is 0 Å². The molecule has 0 aliphatic heterocycles. The lowest BCUT2D eigenvalue weighted by Crippen LogP contribution is -2.27. The first kappa shape index (κ1) is 25.7. The molecule has 5 nitrogen and oxygen atoms in total. The first-order valence-corrected chi connectivity index (χ1v) is 11.9. The van der Waals surface area contributed by atoms with Gasteiger partial charge in [0.1, 0.15) is 11.5 Å². The molecular weight excluding hydrogens is 498 g/mol. The molecule has 0 saturated heterocycles. The average molecular weight is 524 g/mol. The number of hydrogen-bond acceptors (Lipinski definition) is 3. The van der Waals surface area contributed by atoms with Crippen LogP contribution in [0.4, 0.5) is 17.6 Å². The van der Waals surface area contributed by atoms with Crippen molar-refractivity contribution in [1.82, 2.24) is 14.3 Å². The normalized spacial score (nSPS) is 12.5. The molecule has 0 aliphatic rings. The summed E-state index contributed by atoms with van der Waals surface area (Å²) in [6, 6.07) is 14.7. The standard InChI is InChI=1S/C29H25F4N3O2/c1-28(2,3)27(37)36-23-14-22-24(13-19(23)15-34-36)35(21-11-9-20(30)10-12-21)26(29(31,32)33)25(22)18-7-5-17(6-8-18)16-38-4/h5-15H,16H2,1-4H3. The topological polar surface area (TPSA) is 49.0 Å². The highest BCUT2D eigenvalue weighted by molar-refractivity contribution is 6.07. The predicted octanol–water partition coefficient (Wildman–Crippen LogP) is 7.64. The lowest BCUT2D eigenvalue weighted by atomic mass is 9.95. The molecule has 0 N–H and O–H groups in total. The Morgan fingerprint density at radius 3 is 2.18 bits per heavy atom. The summed E-state index contributed by atoms with van der Waals surface area (Å²) in [7, 11) is 1.54. The fourth-order valence-corrected chi connectivity index (χ4v) is 4.64. The Hall–Kier alpha value is -3.98. The van der Waals surface area contributed by atoms with E-state index >= 15 is 0 Å². The minimum absolute atomic E-state index is 0.0429. The monoisotopic (exact) mass is 523 g/mol. The Kier molecular flexibility index (Phi) is 6.14. The Balaban J connectivity index is 1.91. The van der Waals surface area contributed by atoms with Gasteiger partial charge in [-0.1, -0.05) is 45.0 Å². The average Bonchev–Trinajstić information content (AvgIpc) is 3.41. The van der Waals surface area contributed by atoms with Crippen LogP contribution >= 0.6 is 0 Å². The fourth-order valence-electron chi connectivity index (χ4n) is 4.64. The molecule has 0 fully saturated rings. The molecule has 0 saturated carbocycles. The number of hydrogen-bond donors (Lipinski definition) is 0. The summed E-state index contributed by atoms with van der Waals surface area (Å²) in [4.78, 5) is 13.1. The molecule has 9 heteroatoms. The molecule has 0 atom stereocenters. The highest BCUT2D eigenvalue weighted by Crippen LogP contribution is 2.46. The zero-order valence-corrected chi connectivity index (χ0v) is 21.2. The number of fused-ring (bicyclic) bond motifs is 2. The van der Waals surface area contributed by atoms with E-state index in [9.17, 15) is 22.4 Å². The van der Waals surface area contributed by atoms with Gasteiger partial charge in [0.25, 0.3) is 5.91 Å². The largest absolute Gasteiger partial charge is 0.432 e. The summed E-state index contributed by atoms with van der Waals surface area (Å²) in [6.45, 7) is 5.57. The highest BCUT2D eigenvalue weighted by Gasteiger charge is 2.40. The smallest absolute Gasteiger partial charge is 0.380 e. The number of aromatic nitrogens is 3. The first-order chi connectivity index (χ1) is 17.9. The van der Waals surface area contributed by atoms with E-state index in [0.29, 0.717) is 23.1 Å². The fraction of sp³-hybridized carbons (Fsp3) is 0.241. The molecule has 2 heterocycles. The van der Waals surface area contributed by atoms with Crippen LogP contribution in [0.2, 0.25) is 0 Å². The van der Waals surface area contributed by atoms with Gasteiger partial charge >= 0.3 is 6.18 Å². The number of rotatable bonds is 4. The second kappa shape index (κ2) is 9.09. The van der Waals surface area contributed by atoms with Crippen molar-refractivity contribution < 1.29 is 27.1 Å². The van der Waals surface area contributed by atoms with Crippen LogP contribution in [0.15, 0.2) is 66.9 Å². The number of methoxy groups -OCH3 is 1. The maximum absolute atomic E-state index is 14.9. The summed E-state index contributed by atoms with van der Waals surface area (Å²) in [5.74, 6) is -0.844. The predicted molar refractivity (Wildman–Crippen MR) is 138 cm³/mol. The van der Waals surface area contributed by atoms with Crippen LogP contribution < -0.4 is 0 Å². The number of benzene rings is 3. The number of ether oxygens (including phenoxy) is 1. The van der Waals surface area contributed by atoms with Gasteiger partial charge in [0.15, 0.2) is 0 Å². The summed E-state index contributed by atoms with van der Waals surface area (Å²) >= 11 is 0. The van der Waals surface area contributed by atoms with Crippen molar-refractivity contribution in [2.24, 2.45) is 5.41 Å². The molecule has 38 heavy (non-hydrogen) atoms. The quantitative estimate of drug-likeness (QED) is 0.228. The van der Waals surface area contributed by atoms with Crippen LogP contribution in [-0.2, 0) is 17.5 Å². The first-order valence-electron chi connectivity index (χ1n) is 11.9. The van der Waals surface area contributed by atoms with Gasteiger partial charge in [-0.05, 0) is 47.5 Å². The molecule has 0 bridgehead atoms. The van der Waals surface area contributed by atoms with E-state index in [1.165, 1.54) is 23.0 Å². The van der Waals surface area contributed by atoms with Crippen molar-refractivity contribution in [2.45, 2.75) is 33.6 Å². The third-order valence-electron chi connectivity index (χ3n) is 6.40. The molecule has 5 aromatic rings. The van der Waals surface area contributed by atoms with Crippen LogP contribution in [0.5, 0.6) is 0 Å². The van der Waals surface area contributed by atoms with Crippen molar-refractivity contribution in [3.8, 4) is 16.8 Å². The van der Waals surface area contributed by atoms with Gasteiger partial charge in [-0.2, -0.15) is 23.0 Å². The lowest BCUT2D eigenvalue weighted by molar-refractivity contribution is -0.141. The van der Waals surface area contributed by atoms with E-state index in [4.69, 9.17) is 4.74 Å². The molecule has 2 aromatic heterocycles. The number of carbonyl (C=O) groups is 1. The second-order valence-corrected chi connectivity index (χ2v) is 10.2. The maximum Gasteiger partial charge on any atom is 0.432 e. The van der Waals surface area contributed by atoms with E-state index < -0.39 is 23.1 Å². The summed E-state index contributed by atoms with van der Waals surface area (Å²) in [5, 5.41) is 5.05. The van der Waals surface area contributed by atoms with Crippen LogP contribution in [0, 0.1) is 11.2 Å². The maximum atomic E-state index is 14.9. The molecule has 196 valence electrons. The van der Waals surface area contributed by atoms with Crippen molar-refractivity contribution in [1.29, 1.82) is 0 Å². The molecule has 0 amide bonds. The van der Waals surface area contributed by atoms with Crippen molar-refractivity contribution in [2.75, 3.05) is 7.11 Å². The van der Waals surface area contributed by atoms with Crippen LogP contribution in [0.3, 0.4) is 0 Å². The van der Waals surface area contributed by atoms with Gasteiger partial charge in [0.2, 0.25) is 0 Å². The van der Waals surface area contributed by atoms with E-state index in [-0.39, 0.29) is 28.1 Å². The van der Waals surface area contributed by atoms with E-state index in [2.05, 4.69) is 5.10 Å². The minimum Gasteiger partial charge on any atom is -0.380 e. The van der Waals surface area contributed by atoms with Crippen LogP contribution in [0.1, 0.15) is 36.8 Å². The Morgan fingerprint density at radius 2 is 1.61 bits per heavy atom. The zero-order valence-electron chi connectivity index (χ0n) is 21.2. The van der Waals surface area contributed by atoms with Crippen molar-refractivity contribution in [3.63, 3.8) is 0 Å². The second-order valence-electron chi connectivity index (χ2n) is 10.2. The van der Waals surface area contributed by atoms with E-state index in [1.54, 1.807) is 64.3 Å². The molecule has 0 aliphatic carbocycles. The minimum atomic E-state index is -4.76. The van der Waals surface area contributed by atoms with Gasteiger partial charge in [-0.3, -0.25) is 4.79 Å². The SMILES string of the molecule is COCc1ccc(-c2c(C(F)(F)F)n(-c3ccc(F)cc3)c3cc4cnn(C(=O)C(C)(C)C)c4cc23)cc1. The van der Waals surface area contributed by atoms with Gasteiger partial charge in [0.05, 0.1) is 23.8 Å². The Labute approximate surface area is 216 Å². The molecule has 5 rings (SSSR count). The highest BCUT2D eigenvalue weighted by atomic mass is 19.4. The molecule has 0 unspecified atom stereocenters. The summed E-state index contributed by atoms with van der Waals surface area (Å²) in [6.07, 6.45) is -3.29. The molecule has 0 spiro atoms. The number of carbonyl (C=O) groups excluding carboxylic acids is 1. The summed E-state index contributed by atoms with van der Waals surface area (Å²) < 4.78 is 65.7. The van der Waals surface area contributed by atoms with Crippen LogP contribution in [0.25, 0.3) is 38.6 Å². The van der Waals surface area contributed by atoms with Gasteiger partial charge in [0, 0.05) is 34.5 Å². The van der Waals surface area contributed by atoms with Gasteiger partial charge in [-0.15, -0.1) is 0 Å².